The molecule has 0 amide bonds. The van der Waals surface area contributed by atoms with Crippen LogP contribution in [0.1, 0.15) is 0 Å². The van der Waals surface area contributed by atoms with Gasteiger partial charge in [-0.05, 0) is 34.1 Å². The summed E-state index contributed by atoms with van der Waals surface area (Å²) in [5.41, 5.74) is 0. The lowest BCUT2D eigenvalue weighted by molar-refractivity contribution is 0.458. The summed E-state index contributed by atoms with van der Waals surface area (Å²) in [7, 11) is 1.78. The van der Waals surface area contributed by atoms with E-state index in [-0.39, 0.29) is 0 Å². The Hall–Kier alpha value is -1.14. The molecule has 17 heavy (non-hydrogen) atoms. The first-order valence-corrected chi connectivity index (χ1v) is 6.40. The summed E-state index contributed by atoms with van der Waals surface area (Å²) < 4.78 is 7.45. The molecule has 0 bridgehead atoms. The Kier molecular flexibility index (Phi) is 3.96. The monoisotopic (exact) mass is 357 g/mol. The van der Waals surface area contributed by atoms with Crippen LogP contribution >= 0.6 is 31.9 Å². The standard InChI is InChI=1S/C11H9Br2N3O/c1-14-10-5-15-6-11(16-10)17-9-3-2-7(12)4-8(9)13/h2-6H,1H3,(H,14,16). The van der Waals surface area contributed by atoms with Gasteiger partial charge in [0.25, 0.3) is 0 Å². The molecule has 0 saturated heterocycles. The zero-order valence-corrected chi connectivity index (χ0v) is 12.1. The van der Waals surface area contributed by atoms with Crippen molar-refractivity contribution in [3.63, 3.8) is 0 Å². The molecule has 0 aliphatic carbocycles. The van der Waals surface area contributed by atoms with Crippen LogP contribution in [-0.2, 0) is 0 Å². The maximum absolute atomic E-state index is 5.63. The summed E-state index contributed by atoms with van der Waals surface area (Å²) in [6, 6.07) is 5.65. The van der Waals surface area contributed by atoms with Crippen LogP contribution in [-0.4, -0.2) is 17.0 Å². The molecule has 0 aliphatic rings. The van der Waals surface area contributed by atoms with Crippen LogP contribution in [0.5, 0.6) is 11.6 Å². The fraction of sp³-hybridized carbons (Fsp3) is 0.0909. The van der Waals surface area contributed by atoms with Gasteiger partial charge in [0.05, 0.1) is 16.9 Å². The van der Waals surface area contributed by atoms with Gasteiger partial charge in [0.2, 0.25) is 5.88 Å². The highest BCUT2D eigenvalue weighted by Gasteiger charge is 2.05. The van der Waals surface area contributed by atoms with Crippen LogP contribution < -0.4 is 10.1 Å². The topological polar surface area (TPSA) is 47.0 Å². The van der Waals surface area contributed by atoms with Crippen molar-refractivity contribution in [2.45, 2.75) is 0 Å². The van der Waals surface area contributed by atoms with Gasteiger partial charge < -0.3 is 10.1 Å². The molecule has 4 nitrogen and oxygen atoms in total. The van der Waals surface area contributed by atoms with Crippen LogP contribution in [0.2, 0.25) is 0 Å². The lowest BCUT2D eigenvalue weighted by Crippen LogP contribution is -1.96. The van der Waals surface area contributed by atoms with E-state index in [0.717, 1.165) is 8.95 Å². The maximum Gasteiger partial charge on any atom is 0.239 e. The van der Waals surface area contributed by atoms with E-state index in [0.29, 0.717) is 17.4 Å². The third-order valence-corrected chi connectivity index (χ3v) is 3.09. The van der Waals surface area contributed by atoms with E-state index in [9.17, 15) is 0 Å². The average Bonchev–Trinajstić information content (AvgIpc) is 2.33. The first-order valence-electron chi connectivity index (χ1n) is 4.82. The molecule has 6 heteroatoms. The van der Waals surface area contributed by atoms with E-state index in [2.05, 4.69) is 47.1 Å². The Bertz CT molecular complexity index is 534. The number of nitrogens with one attached hydrogen (secondary N) is 1. The Balaban J connectivity index is 2.25. The van der Waals surface area contributed by atoms with Crippen LogP contribution in [0.4, 0.5) is 5.82 Å². The molecule has 2 aromatic rings. The highest BCUT2D eigenvalue weighted by molar-refractivity contribution is 9.11. The van der Waals surface area contributed by atoms with Crippen LogP contribution in [0, 0.1) is 0 Å². The van der Waals surface area contributed by atoms with Crippen molar-refractivity contribution in [1.29, 1.82) is 0 Å². The molecule has 1 aromatic carbocycles. The molecule has 0 aliphatic heterocycles. The smallest absolute Gasteiger partial charge is 0.239 e. The molecule has 0 fully saturated rings. The molecular formula is C11H9Br2N3O. The van der Waals surface area contributed by atoms with E-state index in [1.54, 1.807) is 19.4 Å². The van der Waals surface area contributed by atoms with Gasteiger partial charge in [-0.15, -0.1) is 0 Å². The second-order valence-electron chi connectivity index (χ2n) is 3.17. The van der Waals surface area contributed by atoms with E-state index in [4.69, 9.17) is 4.74 Å². The van der Waals surface area contributed by atoms with Crippen molar-refractivity contribution < 1.29 is 4.74 Å². The van der Waals surface area contributed by atoms with Gasteiger partial charge in [0.1, 0.15) is 11.6 Å². The van der Waals surface area contributed by atoms with Gasteiger partial charge in [-0.3, -0.25) is 4.98 Å². The van der Waals surface area contributed by atoms with Gasteiger partial charge in [-0.1, -0.05) is 15.9 Å². The average molecular weight is 359 g/mol. The highest BCUT2D eigenvalue weighted by Crippen LogP contribution is 2.31. The van der Waals surface area contributed by atoms with Gasteiger partial charge in [0.15, 0.2) is 0 Å². The first kappa shape index (κ1) is 12.3. The molecule has 1 heterocycles. The van der Waals surface area contributed by atoms with Crippen molar-refractivity contribution in [2.24, 2.45) is 0 Å². The summed E-state index contributed by atoms with van der Waals surface area (Å²) >= 11 is 6.80. The Labute approximate surface area is 116 Å². The number of ether oxygens (including phenoxy) is 1. The Morgan fingerprint density at radius 2 is 2.06 bits per heavy atom. The minimum absolute atomic E-state index is 0.444. The first-order chi connectivity index (χ1) is 8.19. The Morgan fingerprint density at radius 3 is 2.76 bits per heavy atom. The minimum atomic E-state index is 0.444. The summed E-state index contributed by atoms with van der Waals surface area (Å²) in [6.45, 7) is 0. The second kappa shape index (κ2) is 5.46. The van der Waals surface area contributed by atoms with Crippen LogP contribution in [0.15, 0.2) is 39.5 Å². The minimum Gasteiger partial charge on any atom is -0.436 e. The molecule has 1 N–H and O–H groups in total. The lowest BCUT2D eigenvalue weighted by Gasteiger charge is -2.07. The number of benzene rings is 1. The fourth-order valence-electron chi connectivity index (χ4n) is 1.19. The van der Waals surface area contributed by atoms with Gasteiger partial charge in [-0.25, -0.2) is 0 Å². The summed E-state index contributed by atoms with van der Waals surface area (Å²) in [6.07, 6.45) is 3.19. The van der Waals surface area contributed by atoms with Crippen molar-refractivity contribution in [3.05, 3.63) is 39.5 Å². The van der Waals surface area contributed by atoms with E-state index < -0.39 is 0 Å². The fourth-order valence-corrected chi connectivity index (χ4v) is 2.32. The largest absolute Gasteiger partial charge is 0.436 e. The molecule has 2 rings (SSSR count). The molecule has 0 unspecified atom stereocenters. The Morgan fingerprint density at radius 1 is 1.24 bits per heavy atom. The van der Waals surface area contributed by atoms with E-state index in [1.165, 1.54) is 0 Å². The number of halogens is 2. The molecule has 1 aromatic heterocycles. The van der Waals surface area contributed by atoms with E-state index in [1.807, 2.05) is 18.2 Å². The molecule has 88 valence electrons. The summed E-state index contributed by atoms with van der Waals surface area (Å²) in [5.74, 6) is 1.80. The predicted octanol–water partition coefficient (Wildman–Crippen LogP) is 3.84. The quantitative estimate of drug-likeness (QED) is 0.905. The third-order valence-electron chi connectivity index (χ3n) is 1.98. The summed E-state index contributed by atoms with van der Waals surface area (Å²) in [5, 5.41) is 2.90. The molecular weight excluding hydrogens is 350 g/mol. The number of rotatable bonds is 3. The molecule has 0 radical (unpaired) electrons. The zero-order valence-electron chi connectivity index (χ0n) is 8.95. The van der Waals surface area contributed by atoms with Crippen LogP contribution in [0.3, 0.4) is 0 Å². The third kappa shape index (κ3) is 3.17. The van der Waals surface area contributed by atoms with Crippen molar-refractivity contribution >= 4 is 37.7 Å². The zero-order chi connectivity index (χ0) is 12.3. The molecule has 0 saturated carbocycles. The number of aromatic nitrogens is 2. The SMILES string of the molecule is CNc1cncc(Oc2ccc(Br)cc2Br)n1. The van der Waals surface area contributed by atoms with Gasteiger partial charge >= 0.3 is 0 Å². The number of anilines is 1. The van der Waals surface area contributed by atoms with Crippen LogP contribution in [0.25, 0.3) is 0 Å². The van der Waals surface area contributed by atoms with Crippen molar-refractivity contribution in [1.82, 2.24) is 9.97 Å². The predicted molar refractivity (Wildman–Crippen MR) is 73.5 cm³/mol. The number of nitrogens with zero attached hydrogens (tertiary/aromatic N) is 2. The van der Waals surface area contributed by atoms with Gasteiger partial charge in [-0.2, -0.15) is 4.98 Å². The lowest BCUT2D eigenvalue weighted by atomic mass is 10.3. The molecule has 0 spiro atoms. The molecule has 0 atom stereocenters. The van der Waals surface area contributed by atoms with Gasteiger partial charge in [0, 0.05) is 11.5 Å². The number of hydrogen-bond acceptors (Lipinski definition) is 4. The summed E-state index contributed by atoms with van der Waals surface area (Å²) in [4.78, 5) is 8.25. The normalized spacial score (nSPS) is 10.1. The highest BCUT2D eigenvalue weighted by atomic mass is 79.9. The van der Waals surface area contributed by atoms with Crippen molar-refractivity contribution in [2.75, 3.05) is 12.4 Å². The number of hydrogen-bond donors (Lipinski definition) is 1. The van der Waals surface area contributed by atoms with E-state index >= 15 is 0 Å². The van der Waals surface area contributed by atoms with Crippen molar-refractivity contribution in [3.8, 4) is 11.6 Å². The maximum atomic E-state index is 5.63. The second-order valence-corrected chi connectivity index (χ2v) is 4.94.